The van der Waals surface area contributed by atoms with Crippen LogP contribution in [0, 0.1) is 22.7 Å². The maximum atomic E-state index is 9.02. The second kappa shape index (κ2) is 5.56. The highest BCUT2D eigenvalue weighted by Crippen LogP contribution is 2.28. The van der Waals surface area contributed by atoms with E-state index in [-0.39, 0.29) is 6.10 Å². The second-order valence-electron chi connectivity index (χ2n) is 4.92. The van der Waals surface area contributed by atoms with Crippen molar-refractivity contribution in [2.24, 2.45) is 0 Å². The summed E-state index contributed by atoms with van der Waals surface area (Å²) in [4.78, 5) is 0. The largest absolute Gasteiger partial charge is 0.488 e. The number of nitrogens with zero attached hydrogens (tertiary/aromatic N) is 2. The lowest BCUT2D eigenvalue weighted by Gasteiger charge is -2.13. The number of hydrogen-bond acceptors (Lipinski definition) is 4. The maximum absolute atomic E-state index is 9.02. The van der Waals surface area contributed by atoms with E-state index in [4.69, 9.17) is 15.3 Å². The molecular weight excluding hydrogens is 262 g/mol. The van der Waals surface area contributed by atoms with E-state index < -0.39 is 0 Å². The van der Waals surface area contributed by atoms with Gasteiger partial charge in [-0.3, -0.25) is 0 Å². The minimum atomic E-state index is 0.0866. The van der Waals surface area contributed by atoms with Crippen molar-refractivity contribution >= 4 is 5.69 Å². The normalized spacial score (nSPS) is 15.4. The van der Waals surface area contributed by atoms with Gasteiger partial charge in [0, 0.05) is 12.1 Å². The van der Waals surface area contributed by atoms with Gasteiger partial charge in [0.15, 0.2) is 0 Å². The Morgan fingerprint density at radius 1 is 1.10 bits per heavy atom. The fourth-order valence-electron chi connectivity index (χ4n) is 2.44. The molecule has 0 radical (unpaired) electrons. The van der Waals surface area contributed by atoms with Crippen LogP contribution in [-0.4, -0.2) is 12.6 Å². The molecule has 2 aromatic rings. The summed E-state index contributed by atoms with van der Waals surface area (Å²) in [6.07, 6.45) is 0.966. The van der Waals surface area contributed by atoms with Crippen molar-refractivity contribution in [3.63, 3.8) is 0 Å². The van der Waals surface area contributed by atoms with Crippen LogP contribution in [0.1, 0.15) is 16.7 Å². The van der Waals surface area contributed by atoms with Crippen molar-refractivity contribution in [3.8, 4) is 17.9 Å². The number of fused-ring (bicyclic) bond motifs is 1. The van der Waals surface area contributed by atoms with Crippen molar-refractivity contribution in [1.29, 1.82) is 10.5 Å². The van der Waals surface area contributed by atoms with Crippen molar-refractivity contribution in [3.05, 3.63) is 59.2 Å². The number of para-hydroxylation sites is 1. The summed E-state index contributed by atoms with van der Waals surface area (Å²) in [5.74, 6) is 0.946. The topological polar surface area (TPSA) is 68.8 Å². The third kappa shape index (κ3) is 2.66. The van der Waals surface area contributed by atoms with Gasteiger partial charge in [-0.05, 0) is 29.8 Å². The number of ether oxygens (including phenoxy) is 1. The molecule has 1 aliphatic rings. The molecule has 1 heterocycles. The van der Waals surface area contributed by atoms with Gasteiger partial charge >= 0.3 is 0 Å². The van der Waals surface area contributed by atoms with Crippen LogP contribution in [0.25, 0.3) is 0 Å². The van der Waals surface area contributed by atoms with Gasteiger partial charge in [-0.25, -0.2) is 0 Å². The van der Waals surface area contributed by atoms with Crippen LogP contribution in [0.15, 0.2) is 42.5 Å². The highest BCUT2D eigenvalue weighted by atomic mass is 16.5. The molecule has 102 valence electrons. The zero-order valence-electron chi connectivity index (χ0n) is 11.3. The van der Waals surface area contributed by atoms with Gasteiger partial charge in [0.1, 0.15) is 24.0 Å². The number of hydrogen-bond donors (Lipinski definition) is 1. The minimum Gasteiger partial charge on any atom is -0.488 e. The van der Waals surface area contributed by atoms with E-state index in [9.17, 15) is 0 Å². The van der Waals surface area contributed by atoms with Crippen LogP contribution < -0.4 is 10.1 Å². The monoisotopic (exact) mass is 275 g/mol. The molecule has 0 aliphatic carbocycles. The van der Waals surface area contributed by atoms with Gasteiger partial charge in [0.2, 0.25) is 0 Å². The Bertz CT molecular complexity index is 730. The van der Waals surface area contributed by atoms with Gasteiger partial charge in [-0.1, -0.05) is 18.2 Å². The smallest absolute Gasteiger partial charge is 0.123 e. The second-order valence-corrected chi connectivity index (χ2v) is 4.92. The number of benzene rings is 2. The Morgan fingerprint density at radius 3 is 2.67 bits per heavy atom. The van der Waals surface area contributed by atoms with Crippen LogP contribution >= 0.6 is 0 Å². The molecule has 0 spiro atoms. The molecule has 0 saturated heterocycles. The first-order chi connectivity index (χ1) is 10.3. The summed E-state index contributed by atoms with van der Waals surface area (Å²) in [5, 5.41) is 21.2. The fraction of sp³-hybridized carbons (Fsp3) is 0.176. The van der Waals surface area contributed by atoms with Crippen molar-refractivity contribution in [2.45, 2.75) is 12.5 Å². The molecule has 0 amide bonds. The predicted molar refractivity (Wildman–Crippen MR) is 78.9 cm³/mol. The highest BCUT2D eigenvalue weighted by Gasteiger charge is 2.21. The molecule has 1 unspecified atom stereocenters. The molecule has 0 aromatic heterocycles. The molecule has 2 aromatic carbocycles. The standard InChI is InChI=1S/C17H13N3O/c18-9-13-5-6-15(7-14(13)10-19)20-11-16-8-12-3-1-2-4-17(12)21-16/h1-7,16,20H,8,11H2. The van der Waals surface area contributed by atoms with Gasteiger partial charge in [-0.2, -0.15) is 10.5 Å². The average Bonchev–Trinajstić information content (AvgIpc) is 2.95. The molecule has 0 fully saturated rings. The van der Waals surface area contributed by atoms with Crippen molar-refractivity contribution < 1.29 is 4.74 Å². The van der Waals surface area contributed by atoms with Gasteiger partial charge in [0.05, 0.1) is 17.7 Å². The Hall–Kier alpha value is -2.98. The molecule has 4 heteroatoms. The van der Waals surface area contributed by atoms with E-state index in [1.54, 1.807) is 12.1 Å². The summed E-state index contributed by atoms with van der Waals surface area (Å²) in [6.45, 7) is 0.658. The molecule has 4 nitrogen and oxygen atoms in total. The molecular formula is C17H13N3O. The molecule has 1 aliphatic heterocycles. The Balaban J connectivity index is 1.65. The zero-order valence-corrected chi connectivity index (χ0v) is 11.3. The first-order valence-corrected chi connectivity index (χ1v) is 6.73. The highest BCUT2D eigenvalue weighted by molar-refractivity contribution is 5.56. The lowest BCUT2D eigenvalue weighted by molar-refractivity contribution is 0.246. The molecule has 0 saturated carbocycles. The van der Waals surface area contributed by atoms with Crippen LogP contribution in [0.2, 0.25) is 0 Å². The summed E-state index contributed by atoms with van der Waals surface area (Å²) in [6, 6.07) is 17.2. The summed E-state index contributed by atoms with van der Waals surface area (Å²) in [7, 11) is 0. The molecule has 3 rings (SSSR count). The first-order valence-electron chi connectivity index (χ1n) is 6.73. The number of anilines is 1. The summed E-state index contributed by atoms with van der Waals surface area (Å²) >= 11 is 0. The maximum Gasteiger partial charge on any atom is 0.123 e. The molecule has 1 atom stereocenters. The molecule has 0 bridgehead atoms. The summed E-state index contributed by atoms with van der Waals surface area (Å²) < 4.78 is 5.85. The van der Waals surface area contributed by atoms with E-state index in [1.807, 2.05) is 36.4 Å². The minimum absolute atomic E-state index is 0.0866. The van der Waals surface area contributed by atoms with Gasteiger partial charge < -0.3 is 10.1 Å². The van der Waals surface area contributed by atoms with Crippen molar-refractivity contribution in [1.82, 2.24) is 0 Å². The van der Waals surface area contributed by atoms with Crippen molar-refractivity contribution in [2.75, 3.05) is 11.9 Å². The zero-order chi connectivity index (χ0) is 14.7. The quantitative estimate of drug-likeness (QED) is 0.935. The van der Waals surface area contributed by atoms with E-state index >= 15 is 0 Å². The lowest BCUT2D eigenvalue weighted by atomic mass is 10.1. The van der Waals surface area contributed by atoms with Crippen LogP contribution in [-0.2, 0) is 6.42 Å². The van der Waals surface area contributed by atoms with Gasteiger partial charge in [-0.15, -0.1) is 0 Å². The van der Waals surface area contributed by atoms with Crippen LogP contribution in [0.5, 0.6) is 5.75 Å². The third-order valence-electron chi connectivity index (χ3n) is 3.51. The van der Waals surface area contributed by atoms with E-state index in [1.165, 1.54) is 5.56 Å². The van der Waals surface area contributed by atoms with Crippen LogP contribution in [0.4, 0.5) is 5.69 Å². The summed E-state index contributed by atoms with van der Waals surface area (Å²) in [5.41, 5.74) is 2.83. The Labute approximate surface area is 123 Å². The Kier molecular flexibility index (Phi) is 3.45. The van der Waals surface area contributed by atoms with Crippen LogP contribution in [0.3, 0.4) is 0 Å². The Morgan fingerprint density at radius 2 is 1.90 bits per heavy atom. The third-order valence-corrected chi connectivity index (χ3v) is 3.51. The molecule has 1 N–H and O–H groups in total. The SMILES string of the molecule is N#Cc1ccc(NCC2Cc3ccccc3O2)cc1C#N. The first kappa shape index (κ1) is 13.0. The van der Waals surface area contributed by atoms with E-state index in [0.717, 1.165) is 17.9 Å². The van der Waals surface area contributed by atoms with E-state index in [2.05, 4.69) is 11.4 Å². The number of nitriles is 2. The lowest BCUT2D eigenvalue weighted by Crippen LogP contribution is -2.23. The average molecular weight is 275 g/mol. The number of nitrogens with one attached hydrogen (secondary N) is 1. The molecule has 21 heavy (non-hydrogen) atoms. The fourth-order valence-corrected chi connectivity index (χ4v) is 2.44. The van der Waals surface area contributed by atoms with Gasteiger partial charge in [0.25, 0.3) is 0 Å². The van der Waals surface area contributed by atoms with E-state index in [0.29, 0.717) is 17.7 Å². The predicted octanol–water partition coefficient (Wildman–Crippen LogP) is 2.85. The number of rotatable bonds is 3.